The summed E-state index contributed by atoms with van der Waals surface area (Å²) >= 11 is 0. The Morgan fingerprint density at radius 2 is 1.95 bits per heavy atom. The minimum absolute atomic E-state index is 0.0223. The predicted molar refractivity (Wildman–Crippen MR) is 75.6 cm³/mol. The summed E-state index contributed by atoms with van der Waals surface area (Å²) in [6, 6.07) is 7.55. The lowest BCUT2D eigenvalue weighted by atomic mass is 10.2. The number of hydrogen-bond acceptors (Lipinski definition) is 2. The lowest BCUT2D eigenvalue weighted by Gasteiger charge is -2.20. The Morgan fingerprint density at radius 3 is 2.53 bits per heavy atom. The van der Waals surface area contributed by atoms with Gasteiger partial charge in [0.15, 0.2) is 6.04 Å². The minimum atomic E-state index is 0.0223. The van der Waals surface area contributed by atoms with E-state index < -0.39 is 0 Å². The highest BCUT2D eigenvalue weighted by Crippen LogP contribution is 2.15. The molecule has 4 heteroatoms. The highest BCUT2D eigenvalue weighted by atomic mass is 16.5. The summed E-state index contributed by atoms with van der Waals surface area (Å²) < 4.78 is 5.38. The third-order valence-electron chi connectivity index (χ3n) is 3.68. The van der Waals surface area contributed by atoms with Gasteiger partial charge in [-0.05, 0) is 38.1 Å². The minimum Gasteiger partial charge on any atom is -0.494 e. The fourth-order valence-electron chi connectivity index (χ4n) is 2.50. The fourth-order valence-corrected chi connectivity index (χ4v) is 2.50. The summed E-state index contributed by atoms with van der Waals surface area (Å²) in [7, 11) is 0. The Morgan fingerprint density at radius 1 is 1.32 bits per heavy atom. The van der Waals surface area contributed by atoms with E-state index in [1.165, 1.54) is 17.7 Å². The van der Waals surface area contributed by atoms with Gasteiger partial charge in [-0.25, -0.2) is 0 Å². The molecule has 0 radical (unpaired) electrons. The number of carbonyl (C=O) groups excluding carboxylic acids is 1. The number of benzene rings is 1. The fraction of sp³-hybridized carbons (Fsp3) is 0.533. The Bertz CT molecular complexity index is 411. The lowest BCUT2D eigenvalue weighted by molar-refractivity contribution is -0.901. The van der Waals surface area contributed by atoms with Gasteiger partial charge in [0, 0.05) is 18.5 Å². The van der Waals surface area contributed by atoms with E-state index in [0.717, 1.165) is 24.5 Å². The maximum absolute atomic E-state index is 12.1. The molecule has 1 aliphatic heterocycles. The second-order valence-corrected chi connectivity index (χ2v) is 5.03. The lowest BCUT2D eigenvalue weighted by Crippen LogP contribution is -3.14. The van der Waals surface area contributed by atoms with E-state index in [1.54, 1.807) is 0 Å². The molecule has 1 heterocycles. The molecule has 1 fully saturated rings. The van der Waals surface area contributed by atoms with Gasteiger partial charge < -0.3 is 15.0 Å². The van der Waals surface area contributed by atoms with Crippen molar-refractivity contribution in [3.8, 4) is 5.75 Å². The molecule has 104 valence electrons. The van der Waals surface area contributed by atoms with Gasteiger partial charge in [-0.1, -0.05) is 0 Å². The first-order valence-electron chi connectivity index (χ1n) is 7.09. The van der Waals surface area contributed by atoms with Crippen LogP contribution in [0.15, 0.2) is 24.3 Å². The van der Waals surface area contributed by atoms with Crippen LogP contribution >= 0.6 is 0 Å². The molecule has 0 unspecified atom stereocenters. The predicted octanol–water partition coefficient (Wildman–Crippen LogP) is 1.09. The van der Waals surface area contributed by atoms with Crippen molar-refractivity contribution in [3.05, 3.63) is 24.3 Å². The van der Waals surface area contributed by atoms with Crippen molar-refractivity contribution in [3.63, 3.8) is 0 Å². The average molecular weight is 263 g/mol. The zero-order chi connectivity index (χ0) is 13.7. The van der Waals surface area contributed by atoms with Crippen molar-refractivity contribution in [2.45, 2.75) is 32.7 Å². The van der Waals surface area contributed by atoms with Crippen LogP contribution in [0.25, 0.3) is 0 Å². The van der Waals surface area contributed by atoms with Gasteiger partial charge in [0.25, 0.3) is 5.91 Å². The van der Waals surface area contributed by atoms with Gasteiger partial charge in [0.1, 0.15) is 5.75 Å². The van der Waals surface area contributed by atoms with Crippen LogP contribution in [-0.2, 0) is 4.79 Å². The summed E-state index contributed by atoms with van der Waals surface area (Å²) in [6.45, 7) is 6.83. The maximum atomic E-state index is 12.1. The Labute approximate surface area is 114 Å². The van der Waals surface area contributed by atoms with Crippen LogP contribution in [0.5, 0.6) is 5.75 Å². The monoisotopic (exact) mass is 263 g/mol. The molecule has 1 aromatic carbocycles. The molecule has 1 atom stereocenters. The van der Waals surface area contributed by atoms with Gasteiger partial charge >= 0.3 is 0 Å². The Kier molecular flexibility index (Phi) is 4.80. The number of likely N-dealkylation sites (tertiary alicyclic amines) is 1. The number of rotatable bonds is 5. The molecule has 19 heavy (non-hydrogen) atoms. The van der Waals surface area contributed by atoms with Crippen molar-refractivity contribution in [2.75, 3.05) is 25.0 Å². The normalized spacial score (nSPS) is 17.2. The summed E-state index contributed by atoms with van der Waals surface area (Å²) in [6.07, 6.45) is 2.46. The van der Waals surface area contributed by atoms with Gasteiger partial charge in [-0.2, -0.15) is 0 Å². The van der Waals surface area contributed by atoms with Gasteiger partial charge in [-0.15, -0.1) is 0 Å². The highest BCUT2D eigenvalue weighted by molar-refractivity contribution is 5.93. The van der Waals surface area contributed by atoms with Crippen LogP contribution in [0, 0.1) is 0 Å². The van der Waals surface area contributed by atoms with Crippen LogP contribution in [0.4, 0.5) is 5.69 Å². The van der Waals surface area contributed by atoms with Crippen molar-refractivity contribution < 1.29 is 14.4 Å². The van der Waals surface area contributed by atoms with E-state index in [0.29, 0.717) is 6.61 Å². The molecule has 2 rings (SSSR count). The van der Waals surface area contributed by atoms with Crippen molar-refractivity contribution >= 4 is 11.6 Å². The van der Waals surface area contributed by atoms with E-state index in [-0.39, 0.29) is 11.9 Å². The zero-order valence-corrected chi connectivity index (χ0v) is 11.7. The quantitative estimate of drug-likeness (QED) is 0.835. The molecular formula is C15H23N2O2+. The largest absolute Gasteiger partial charge is 0.494 e. The number of amides is 1. The summed E-state index contributed by atoms with van der Waals surface area (Å²) in [5, 5.41) is 2.97. The summed E-state index contributed by atoms with van der Waals surface area (Å²) in [5.41, 5.74) is 0.832. The molecule has 0 aromatic heterocycles. The molecule has 1 aliphatic rings. The van der Waals surface area contributed by atoms with E-state index >= 15 is 0 Å². The molecule has 0 saturated carbocycles. The second-order valence-electron chi connectivity index (χ2n) is 5.03. The first-order chi connectivity index (χ1) is 9.20. The van der Waals surface area contributed by atoms with Crippen molar-refractivity contribution in [2.24, 2.45) is 0 Å². The second kappa shape index (κ2) is 6.57. The standard InChI is InChI=1S/C15H22N2O2/c1-3-19-14-8-6-13(7-9-14)16-15(18)12(2)17-10-4-5-11-17/h6-9,12H,3-5,10-11H2,1-2H3,(H,16,18)/p+1/t12-/m1/s1. The number of quaternary nitrogens is 1. The van der Waals surface area contributed by atoms with Crippen molar-refractivity contribution in [1.82, 2.24) is 0 Å². The number of ether oxygens (including phenoxy) is 1. The van der Waals surface area contributed by atoms with E-state index in [9.17, 15) is 4.79 Å². The molecule has 0 bridgehead atoms. The van der Waals surface area contributed by atoms with E-state index in [4.69, 9.17) is 4.74 Å². The van der Waals surface area contributed by atoms with E-state index in [1.807, 2.05) is 38.1 Å². The molecule has 1 aromatic rings. The molecular weight excluding hydrogens is 240 g/mol. The molecule has 2 N–H and O–H groups in total. The van der Waals surface area contributed by atoms with Crippen molar-refractivity contribution in [1.29, 1.82) is 0 Å². The van der Waals surface area contributed by atoms with E-state index in [2.05, 4.69) is 5.32 Å². The molecule has 1 amide bonds. The average Bonchev–Trinajstić information content (AvgIpc) is 2.94. The molecule has 0 spiro atoms. The number of carbonyl (C=O) groups is 1. The van der Waals surface area contributed by atoms with Gasteiger partial charge in [0.05, 0.1) is 19.7 Å². The first kappa shape index (κ1) is 13.9. The van der Waals surface area contributed by atoms with Crippen LogP contribution < -0.4 is 15.0 Å². The van der Waals surface area contributed by atoms with Crippen LogP contribution in [-0.4, -0.2) is 31.6 Å². The highest BCUT2D eigenvalue weighted by Gasteiger charge is 2.27. The smallest absolute Gasteiger partial charge is 0.282 e. The third-order valence-corrected chi connectivity index (χ3v) is 3.68. The van der Waals surface area contributed by atoms with Gasteiger partial charge in [0.2, 0.25) is 0 Å². The summed E-state index contributed by atoms with van der Waals surface area (Å²) in [5.74, 6) is 0.930. The maximum Gasteiger partial charge on any atom is 0.282 e. The number of anilines is 1. The Balaban J connectivity index is 1.90. The van der Waals surface area contributed by atoms with Crippen LogP contribution in [0.1, 0.15) is 26.7 Å². The molecule has 1 saturated heterocycles. The third kappa shape index (κ3) is 3.70. The SMILES string of the molecule is CCOc1ccc(NC(=O)[C@@H](C)[NH+]2CCCC2)cc1. The molecule has 0 aliphatic carbocycles. The molecule has 4 nitrogen and oxygen atoms in total. The number of nitrogens with one attached hydrogen (secondary N) is 2. The van der Waals surface area contributed by atoms with Gasteiger partial charge in [-0.3, -0.25) is 4.79 Å². The topological polar surface area (TPSA) is 42.8 Å². The summed E-state index contributed by atoms with van der Waals surface area (Å²) in [4.78, 5) is 13.5. The van der Waals surface area contributed by atoms with Crippen LogP contribution in [0.2, 0.25) is 0 Å². The van der Waals surface area contributed by atoms with Crippen LogP contribution in [0.3, 0.4) is 0 Å². The first-order valence-corrected chi connectivity index (χ1v) is 7.09. The zero-order valence-electron chi connectivity index (χ0n) is 11.7. The Hall–Kier alpha value is -1.55. The number of hydrogen-bond donors (Lipinski definition) is 2.